The maximum absolute atomic E-state index is 13.1. The van der Waals surface area contributed by atoms with Crippen LogP contribution in [0.5, 0.6) is 0 Å². The first-order chi connectivity index (χ1) is 10.1. The van der Waals surface area contributed by atoms with E-state index in [-0.39, 0.29) is 23.8 Å². The summed E-state index contributed by atoms with van der Waals surface area (Å²) in [5.74, 6) is -0.659. The van der Waals surface area contributed by atoms with Crippen LogP contribution in [0.4, 0.5) is 4.39 Å². The lowest BCUT2D eigenvalue weighted by atomic mass is 9.84. The largest absolute Gasteiger partial charge is 0.388 e. The number of nitrogens with zero attached hydrogens (tertiary/aromatic N) is 1. The van der Waals surface area contributed by atoms with E-state index < -0.39 is 11.9 Å². The van der Waals surface area contributed by atoms with Crippen LogP contribution in [0.3, 0.4) is 0 Å². The zero-order valence-electron chi connectivity index (χ0n) is 14.1. The average Bonchev–Trinajstić information content (AvgIpc) is 2.36. The van der Waals surface area contributed by atoms with Gasteiger partial charge in [0.1, 0.15) is 5.82 Å². The summed E-state index contributed by atoms with van der Waals surface area (Å²) >= 11 is 0. The molecular formula is C17H27FN2O2. The second-order valence-electron chi connectivity index (χ2n) is 6.79. The van der Waals surface area contributed by atoms with Gasteiger partial charge in [0.15, 0.2) is 0 Å². The fraction of sp³-hybridized carbons (Fsp3) is 0.588. The topological polar surface area (TPSA) is 52.6 Å². The van der Waals surface area contributed by atoms with E-state index in [0.717, 1.165) is 6.54 Å². The van der Waals surface area contributed by atoms with Crippen LogP contribution >= 0.6 is 0 Å². The monoisotopic (exact) mass is 310 g/mol. The van der Waals surface area contributed by atoms with Crippen molar-refractivity contribution >= 4 is 5.91 Å². The number of amides is 1. The van der Waals surface area contributed by atoms with Gasteiger partial charge < -0.3 is 15.3 Å². The summed E-state index contributed by atoms with van der Waals surface area (Å²) in [4.78, 5) is 14.1. The van der Waals surface area contributed by atoms with Gasteiger partial charge in [-0.2, -0.15) is 0 Å². The fourth-order valence-corrected chi connectivity index (χ4v) is 2.46. The van der Waals surface area contributed by atoms with E-state index >= 15 is 0 Å². The van der Waals surface area contributed by atoms with Gasteiger partial charge in [-0.15, -0.1) is 0 Å². The predicted molar refractivity (Wildman–Crippen MR) is 85.9 cm³/mol. The molecule has 22 heavy (non-hydrogen) atoms. The highest BCUT2D eigenvalue weighted by Gasteiger charge is 2.28. The van der Waals surface area contributed by atoms with Gasteiger partial charge in [-0.1, -0.05) is 26.0 Å². The minimum absolute atomic E-state index is 0.0397. The maximum Gasteiger partial charge on any atom is 0.223 e. The molecule has 0 bridgehead atoms. The smallest absolute Gasteiger partial charge is 0.223 e. The van der Waals surface area contributed by atoms with Gasteiger partial charge in [-0.25, -0.2) is 4.39 Å². The second kappa shape index (κ2) is 7.70. The normalized spacial score (nSPS) is 14.7. The zero-order chi connectivity index (χ0) is 16.9. The van der Waals surface area contributed by atoms with Crippen molar-refractivity contribution in [1.29, 1.82) is 0 Å². The van der Waals surface area contributed by atoms with Crippen molar-refractivity contribution in [3.8, 4) is 0 Å². The van der Waals surface area contributed by atoms with Crippen molar-refractivity contribution < 1.29 is 14.3 Å². The number of aliphatic hydroxyl groups excluding tert-OH is 1. The molecule has 1 aromatic carbocycles. The van der Waals surface area contributed by atoms with Crippen LogP contribution in [0.2, 0.25) is 0 Å². The van der Waals surface area contributed by atoms with Crippen molar-refractivity contribution in [2.75, 3.05) is 20.6 Å². The van der Waals surface area contributed by atoms with Crippen LogP contribution in [-0.4, -0.2) is 42.6 Å². The first-order valence-electron chi connectivity index (χ1n) is 7.49. The van der Waals surface area contributed by atoms with Gasteiger partial charge in [0.2, 0.25) is 5.91 Å². The van der Waals surface area contributed by atoms with E-state index in [1.54, 1.807) is 6.07 Å². The Bertz CT molecular complexity index is 503. The van der Waals surface area contributed by atoms with Gasteiger partial charge in [0.25, 0.3) is 0 Å². The summed E-state index contributed by atoms with van der Waals surface area (Å²) in [5.41, 5.74) is 0.318. The average molecular weight is 310 g/mol. The number of rotatable bonds is 7. The molecule has 0 heterocycles. The third kappa shape index (κ3) is 5.73. The van der Waals surface area contributed by atoms with E-state index in [2.05, 4.69) is 24.1 Å². The molecule has 1 amide bonds. The zero-order valence-corrected chi connectivity index (χ0v) is 14.1. The second-order valence-corrected chi connectivity index (χ2v) is 6.79. The Hall–Kier alpha value is -1.46. The van der Waals surface area contributed by atoms with Gasteiger partial charge in [-0.05, 0) is 44.1 Å². The lowest BCUT2D eigenvalue weighted by molar-refractivity contribution is -0.124. The number of aliphatic hydroxyl groups is 1. The number of halogens is 1. The number of carbonyl (C=O) groups is 1. The quantitative estimate of drug-likeness (QED) is 0.813. The van der Waals surface area contributed by atoms with Crippen LogP contribution in [0, 0.1) is 11.2 Å². The first kappa shape index (κ1) is 18.6. The number of benzene rings is 1. The van der Waals surface area contributed by atoms with Crippen LogP contribution in [-0.2, 0) is 4.79 Å². The highest BCUT2D eigenvalue weighted by Crippen LogP contribution is 2.22. The molecule has 1 aromatic rings. The van der Waals surface area contributed by atoms with Crippen molar-refractivity contribution in [2.45, 2.75) is 39.3 Å². The van der Waals surface area contributed by atoms with Gasteiger partial charge in [-0.3, -0.25) is 4.79 Å². The molecule has 0 aliphatic rings. The predicted octanol–water partition coefficient (Wildman–Crippen LogP) is 2.34. The van der Waals surface area contributed by atoms with Gasteiger partial charge in [0, 0.05) is 12.6 Å². The third-order valence-corrected chi connectivity index (χ3v) is 3.89. The minimum atomic E-state index is -1.00. The molecular weight excluding hydrogens is 283 g/mol. The van der Waals surface area contributed by atoms with Crippen LogP contribution in [0.25, 0.3) is 0 Å². The Morgan fingerprint density at radius 3 is 2.59 bits per heavy atom. The van der Waals surface area contributed by atoms with Gasteiger partial charge >= 0.3 is 0 Å². The lowest BCUT2D eigenvalue weighted by Crippen LogP contribution is -2.47. The summed E-state index contributed by atoms with van der Waals surface area (Å²) in [6, 6.07) is 5.65. The molecule has 1 rings (SSSR count). The summed E-state index contributed by atoms with van der Waals surface area (Å²) in [6.45, 7) is 6.96. The van der Waals surface area contributed by atoms with Crippen molar-refractivity contribution in [2.24, 2.45) is 5.41 Å². The number of carbonyl (C=O) groups excluding carboxylic acids is 1. The number of hydrogen-bond donors (Lipinski definition) is 2. The highest BCUT2D eigenvalue weighted by atomic mass is 19.1. The Morgan fingerprint density at radius 2 is 2.05 bits per heavy atom. The van der Waals surface area contributed by atoms with Crippen molar-refractivity contribution in [1.82, 2.24) is 10.2 Å². The summed E-state index contributed by atoms with van der Waals surface area (Å²) in [6.07, 6.45) is -1.08. The molecule has 2 atom stereocenters. The van der Waals surface area contributed by atoms with Crippen molar-refractivity contribution in [3.63, 3.8) is 0 Å². The summed E-state index contributed by atoms with van der Waals surface area (Å²) in [7, 11) is 3.98. The van der Waals surface area contributed by atoms with E-state index in [4.69, 9.17) is 0 Å². The van der Waals surface area contributed by atoms with E-state index in [1.165, 1.54) is 18.2 Å². The summed E-state index contributed by atoms with van der Waals surface area (Å²) < 4.78 is 13.1. The molecule has 0 radical (unpaired) electrons. The molecule has 0 saturated heterocycles. The Labute approximate surface area is 132 Å². The third-order valence-electron chi connectivity index (χ3n) is 3.89. The Morgan fingerprint density at radius 1 is 1.41 bits per heavy atom. The molecule has 5 heteroatoms. The number of nitrogens with one attached hydrogen (secondary N) is 1. The molecule has 0 saturated carbocycles. The Kier molecular flexibility index (Phi) is 6.50. The molecule has 0 aromatic heterocycles. The molecule has 2 unspecified atom stereocenters. The number of hydrogen-bond acceptors (Lipinski definition) is 3. The van der Waals surface area contributed by atoms with Crippen LogP contribution in [0.15, 0.2) is 24.3 Å². The SMILES string of the molecule is CC(NC(=O)CC(O)c1cccc(F)c1)C(C)(C)CN(C)C. The van der Waals surface area contributed by atoms with E-state index in [0.29, 0.717) is 5.56 Å². The molecule has 0 aliphatic carbocycles. The minimum Gasteiger partial charge on any atom is -0.388 e. The molecule has 2 N–H and O–H groups in total. The standard InChI is InChI=1S/C17H27FN2O2/c1-12(17(2,3)11-20(4)5)19-16(22)10-15(21)13-7-6-8-14(18)9-13/h6-9,12,15,21H,10-11H2,1-5H3,(H,19,22). The molecule has 0 fully saturated rings. The Balaban J connectivity index is 2.58. The molecule has 0 spiro atoms. The molecule has 124 valence electrons. The summed E-state index contributed by atoms with van der Waals surface area (Å²) in [5, 5.41) is 13.0. The van der Waals surface area contributed by atoms with Crippen LogP contribution in [0.1, 0.15) is 38.9 Å². The fourth-order valence-electron chi connectivity index (χ4n) is 2.46. The van der Waals surface area contributed by atoms with Gasteiger partial charge in [0.05, 0.1) is 12.5 Å². The van der Waals surface area contributed by atoms with Crippen LogP contribution < -0.4 is 5.32 Å². The highest BCUT2D eigenvalue weighted by molar-refractivity contribution is 5.77. The van der Waals surface area contributed by atoms with E-state index in [1.807, 2.05) is 21.0 Å². The van der Waals surface area contributed by atoms with E-state index in [9.17, 15) is 14.3 Å². The molecule has 4 nitrogen and oxygen atoms in total. The first-order valence-corrected chi connectivity index (χ1v) is 7.49. The lowest BCUT2D eigenvalue weighted by Gasteiger charge is -2.35. The van der Waals surface area contributed by atoms with Crippen molar-refractivity contribution in [3.05, 3.63) is 35.6 Å². The molecule has 0 aliphatic heterocycles. The maximum atomic E-state index is 13.1.